The first-order valence-electron chi connectivity index (χ1n) is 4.58. The van der Waals surface area contributed by atoms with Crippen molar-refractivity contribution < 1.29 is 0 Å². The number of hydrogen-bond donors (Lipinski definition) is 0. The molecule has 0 spiro atoms. The van der Waals surface area contributed by atoms with Gasteiger partial charge in [-0.3, -0.25) is 0 Å². The van der Waals surface area contributed by atoms with Crippen molar-refractivity contribution in [3.05, 3.63) is 60.7 Å². The van der Waals surface area contributed by atoms with Crippen LogP contribution in [-0.4, -0.2) is 0 Å². The Balaban J connectivity index is 2.90. The van der Waals surface area contributed by atoms with Crippen molar-refractivity contribution in [1.29, 1.82) is 0 Å². The molecule has 0 heteroatoms. The summed E-state index contributed by atoms with van der Waals surface area (Å²) in [7, 11) is 0. The Morgan fingerprint density at radius 1 is 1.36 bits per heavy atom. The van der Waals surface area contributed by atoms with Crippen molar-refractivity contribution in [2.45, 2.75) is 12.8 Å². The molecule has 0 nitrogen and oxygen atoms in total. The van der Waals surface area contributed by atoms with E-state index in [0.717, 1.165) is 5.57 Å². The highest BCUT2D eigenvalue weighted by Gasteiger charge is 2.01. The van der Waals surface area contributed by atoms with E-state index in [4.69, 9.17) is 0 Å². The summed E-state index contributed by atoms with van der Waals surface area (Å²) in [6.45, 7) is 9.43. The van der Waals surface area contributed by atoms with Gasteiger partial charge in [0.15, 0.2) is 0 Å². The summed E-state index contributed by atoms with van der Waals surface area (Å²) < 4.78 is 0. The first-order chi connectivity index (χ1) is 6.74. The molecule has 0 radical (unpaired) electrons. The number of allylic oxidation sites excluding steroid dienone is 2. The third-order valence-corrected chi connectivity index (χ3v) is 1.84. The maximum Gasteiger partial charge on any atom is 0.0633 e. The quantitative estimate of drug-likeness (QED) is 0.485. The number of hydrogen-bond acceptors (Lipinski definition) is 0. The molecule has 70 valence electrons. The van der Waals surface area contributed by atoms with Crippen LogP contribution in [0.3, 0.4) is 0 Å². The van der Waals surface area contributed by atoms with Gasteiger partial charge in [-0.05, 0) is 18.1 Å². The highest BCUT2D eigenvalue weighted by Crippen LogP contribution is 2.15. The lowest BCUT2D eigenvalue weighted by Gasteiger charge is -2.03. The molecular formula is C14H14. The van der Waals surface area contributed by atoms with Crippen molar-refractivity contribution in [2.24, 2.45) is 0 Å². The topological polar surface area (TPSA) is 0 Å². The summed E-state index contributed by atoms with van der Waals surface area (Å²) in [5, 5.41) is 0. The van der Waals surface area contributed by atoms with Gasteiger partial charge >= 0.3 is 0 Å². The number of rotatable bonds is 2. The molecule has 0 fully saturated rings. The molecule has 0 aliphatic heterocycles. The third-order valence-electron chi connectivity index (χ3n) is 1.84. The van der Waals surface area contributed by atoms with Crippen LogP contribution in [0.5, 0.6) is 0 Å². The van der Waals surface area contributed by atoms with E-state index in [-0.39, 0.29) is 5.92 Å². The highest BCUT2D eigenvalue weighted by atomic mass is 14.0. The highest BCUT2D eigenvalue weighted by molar-refractivity contribution is 5.36. The van der Waals surface area contributed by atoms with Crippen molar-refractivity contribution in [3.8, 4) is 11.8 Å². The van der Waals surface area contributed by atoms with E-state index in [9.17, 15) is 0 Å². The molecular weight excluding hydrogens is 168 g/mol. The van der Waals surface area contributed by atoms with Crippen LogP contribution in [0.2, 0.25) is 0 Å². The zero-order valence-electron chi connectivity index (χ0n) is 8.46. The van der Waals surface area contributed by atoms with Gasteiger partial charge in [0.25, 0.3) is 0 Å². The fraction of sp³-hybridized carbons (Fsp3) is 0.143. The maximum atomic E-state index is 3.78. The molecule has 14 heavy (non-hydrogen) atoms. The first-order valence-corrected chi connectivity index (χ1v) is 4.58. The van der Waals surface area contributed by atoms with Crippen molar-refractivity contribution in [1.82, 2.24) is 0 Å². The average Bonchev–Trinajstić information content (AvgIpc) is 2.20. The minimum Gasteiger partial charge on any atom is -0.102 e. The molecule has 1 aromatic carbocycles. The van der Waals surface area contributed by atoms with Crippen LogP contribution in [0.1, 0.15) is 18.4 Å². The lowest BCUT2D eigenvalue weighted by molar-refractivity contribution is 1.13. The Morgan fingerprint density at radius 2 is 2.00 bits per heavy atom. The summed E-state index contributed by atoms with van der Waals surface area (Å²) in [5.41, 5.74) is 2.06. The molecule has 0 heterocycles. The smallest absolute Gasteiger partial charge is 0.0633 e. The van der Waals surface area contributed by atoms with E-state index in [1.165, 1.54) is 5.56 Å². The van der Waals surface area contributed by atoms with Gasteiger partial charge in [0.2, 0.25) is 0 Å². The largest absolute Gasteiger partial charge is 0.102 e. The van der Waals surface area contributed by atoms with Crippen LogP contribution in [0.15, 0.2) is 55.1 Å². The summed E-state index contributed by atoms with van der Waals surface area (Å²) in [5.74, 6) is 6.20. The van der Waals surface area contributed by atoms with Crippen molar-refractivity contribution in [3.63, 3.8) is 0 Å². The van der Waals surface area contributed by atoms with Gasteiger partial charge in [-0.2, -0.15) is 0 Å². The van der Waals surface area contributed by atoms with Gasteiger partial charge in [-0.15, -0.1) is 6.58 Å². The minimum absolute atomic E-state index is 0.105. The zero-order valence-corrected chi connectivity index (χ0v) is 8.46. The Morgan fingerprint density at radius 3 is 2.50 bits per heavy atom. The normalized spacial score (nSPS) is 10.9. The van der Waals surface area contributed by atoms with E-state index < -0.39 is 0 Å². The van der Waals surface area contributed by atoms with Crippen LogP contribution in [0.4, 0.5) is 0 Å². The summed E-state index contributed by atoms with van der Waals surface area (Å²) in [6, 6.07) is 10.1. The van der Waals surface area contributed by atoms with Gasteiger partial charge in [-0.25, -0.2) is 0 Å². The molecule has 0 unspecified atom stereocenters. The van der Waals surface area contributed by atoms with Gasteiger partial charge in [0.1, 0.15) is 0 Å². The van der Waals surface area contributed by atoms with Crippen LogP contribution < -0.4 is 0 Å². The molecule has 1 rings (SSSR count). The second-order valence-corrected chi connectivity index (χ2v) is 3.17. The molecule has 0 aliphatic rings. The van der Waals surface area contributed by atoms with E-state index in [1.807, 2.05) is 31.2 Å². The molecule has 0 N–H and O–H groups in total. The second kappa shape index (κ2) is 5.09. The average molecular weight is 182 g/mol. The molecule has 0 amide bonds. The monoisotopic (exact) mass is 182 g/mol. The Labute approximate surface area is 86.0 Å². The van der Waals surface area contributed by atoms with E-state index in [2.05, 4.69) is 37.1 Å². The van der Waals surface area contributed by atoms with Gasteiger partial charge in [-0.1, -0.05) is 54.8 Å². The summed E-state index contributed by atoms with van der Waals surface area (Å²) >= 11 is 0. The lowest BCUT2D eigenvalue weighted by atomic mass is 10.00. The fourth-order valence-electron chi connectivity index (χ4n) is 1.14. The van der Waals surface area contributed by atoms with Crippen molar-refractivity contribution in [2.75, 3.05) is 0 Å². The standard InChI is InChI=1S/C14H14/c1-4-13(11-10-12(2)3)14-8-6-5-7-9-14/h4-9,13H,1-2H2,3H3/t13-/m1/s1. The second-order valence-electron chi connectivity index (χ2n) is 3.17. The summed E-state index contributed by atoms with van der Waals surface area (Å²) in [4.78, 5) is 0. The molecule has 0 bridgehead atoms. The first kappa shape index (κ1) is 10.3. The SMILES string of the molecule is C=C[C@H](C#CC(=C)C)c1ccccc1. The van der Waals surface area contributed by atoms with E-state index >= 15 is 0 Å². The summed E-state index contributed by atoms with van der Waals surface area (Å²) in [6.07, 6.45) is 1.85. The number of benzene rings is 1. The predicted molar refractivity (Wildman–Crippen MR) is 62.0 cm³/mol. The Bertz CT molecular complexity index is 373. The zero-order chi connectivity index (χ0) is 10.4. The lowest BCUT2D eigenvalue weighted by Crippen LogP contribution is -1.90. The fourth-order valence-corrected chi connectivity index (χ4v) is 1.14. The molecule has 0 aliphatic carbocycles. The Kier molecular flexibility index (Phi) is 3.76. The van der Waals surface area contributed by atoms with Gasteiger partial charge in [0.05, 0.1) is 5.92 Å². The van der Waals surface area contributed by atoms with Gasteiger partial charge < -0.3 is 0 Å². The van der Waals surface area contributed by atoms with Crippen LogP contribution in [-0.2, 0) is 0 Å². The molecule has 1 atom stereocenters. The predicted octanol–water partition coefficient (Wildman–Crippen LogP) is 3.54. The van der Waals surface area contributed by atoms with E-state index in [1.54, 1.807) is 0 Å². The van der Waals surface area contributed by atoms with E-state index in [0.29, 0.717) is 0 Å². The van der Waals surface area contributed by atoms with Crippen LogP contribution in [0.25, 0.3) is 0 Å². The van der Waals surface area contributed by atoms with Gasteiger partial charge in [0, 0.05) is 0 Å². The van der Waals surface area contributed by atoms with Crippen molar-refractivity contribution >= 4 is 0 Å². The van der Waals surface area contributed by atoms with Crippen LogP contribution >= 0.6 is 0 Å². The molecule has 0 aromatic heterocycles. The maximum absolute atomic E-state index is 3.78. The Hall–Kier alpha value is -1.74. The minimum atomic E-state index is 0.105. The van der Waals surface area contributed by atoms with Crippen LogP contribution in [0, 0.1) is 11.8 Å². The third kappa shape index (κ3) is 2.95. The molecule has 0 saturated carbocycles. The molecule has 1 aromatic rings. The molecule has 0 saturated heterocycles.